The SMILES string of the molecule is C#Cc1cccc(Nc2ncnc3cc(OC)c(NC(=O)[C@H](CCCCCC(C)=O)NC(=O)c4ccccc4)cc23)c1. The van der Waals surface area contributed by atoms with Crippen LogP contribution in [0.3, 0.4) is 0 Å². The number of rotatable bonds is 13. The number of carbonyl (C=O) groups excluding carboxylic acids is 3. The summed E-state index contributed by atoms with van der Waals surface area (Å²) < 4.78 is 5.57. The first-order valence-electron chi connectivity index (χ1n) is 13.7. The molecule has 1 atom stereocenters. The number of fused-ring (bicyclic) bond motifs is 1. The third-order valence-corrected chi connectivity index (χ3v) is 6.69. The van der Waals surface area contributed by atoms with Gasteiger partial charge in [-0.3, -0.25) is 9.59 Å². The molecule has 42 heavy (non-hydrogen) atoms. The second-order valence-corrected chi connectivity index (χ2v) is 9.82. The Kier molecular flexibility index (Phi) is 10.2. The lowest BCUT2D eigenvalue weighted by Crippen LogP contribution is -2.43. The minimum atomic E-state index is -0.813. The van der Waals surface area contributed by atoms with Crippen molar-refractivity contribution < 1.29 is 19.1 Å². The van der Waals surface area contributed by atoms with Crippen LogP contribution < -0.4 is 20.7 Å². The average molecular weight is 564 g/mol. The normalized spacial score (nSPS) is 11.3. The zero-order valence-corrected chi connectivity index (χ0v) is 23.6. The van der Waals surface area contributed by atoms with Crippen LogP contribution in [0.1, 0.15) is 54.9 Å². The van der Waals surface area contributed by atoms with Crippen LogP contribution >= 0.6 is 0 Å². The largest absolute Gasteiger partial charge is 0.494 e. The van der Waals surface area contributed by atoms with Crippen LogP contribution in [0.4, 0.5) is 17.2 Å². The number of nitrogens with zero attached hydrogens (tertiary/aromatic N) is 2. The van der Waals surface area contributed by atoms with Gasteiger partial charge in [0.2, 0.25) is 5.91 Å². The van der Waals surface area contributed by atoms with Gasteiger partial charge in [-0.05, 0) is 56.2 Å². The molecule has 9 nitrogen and oxygen atoms in total. The van der Waals surface area contributed by atoms with Gasteiger partial charge in [-0.2, -0.15) is 0 Å². The van der Waals surface area contributed by atoms with Gasteiger partial charge in [0.15, 0.2) is 0 Å². The summed E-state index contributed by atoms with van der Waals surface area (Å²) in [6, 6.07) is 18.8. The van der Waals surface area contributed by atoms with Crippen LogP contribution in [0.25, 0.3) is 10.9 Å². The van der Waals surface area contributed by atoms with Crippen molar-refractivity contribution in [2.24, 2.45) is 0 Å². The molecule has 0 aliphatic heterocycles. The predicted octanol–water partition coefficient (Wildman–Crippen LogP) is 5.64. The zero-order chi connectivity index (χ0) is 29.9. The fourth-order valence-electron chi connectivity index (χ4n) is 4.49. The molecule has 3 N–H and O–H groups in total. The van der Waals surface area contributed by atoms with Crippen molar-refractivity contribution in [1.82, 2.24) is 15.3 Å². The molecule has 0 aliphatic rings. The maximum absolute atomic E-state index is 13.6. The number of anilines is 3. The summed E-state index contributed by atoms with van der Waals surface area (Å²) in [5.74, 6) is 2.93. The van der Waals surface area contributed by atoms with E-state index in [1.165, 1.54) is 13.4 Å². The molecule has 0 fully saturated rings. The number of carbonyl (C=O) groups is 3. The number of unbranched alkanes of at least 4 members (excludes halogenated alkanes) is 2. The molecular formula is C33H33N5O4. The summed E-state index contributed by atoms with van der Waals surface area (Å²) in [6.45, 7) is 1.56. The molecule has 4 aromatic rings. The molecule has 9 heteroatoms. The van der Waals surface area contributed by atoms with E-state index in [4.69, 9.17) is 11.2 Å². The number of amides is 2. The van der Waals surface area contributed by atoms with Gasteiger partial charge < -0.3 is 25.5 Å². The molecule has 3 aromatic carbocycles. The molecule has 1 aromatic heterocycles. The lowest BCUT2D eigenvalue weighted by atomic mass is 10.0. The van der Waals surface area contributed by atoms with E-state index in [2.05, 4.69) is 31.8 Å². The second-order valence-electron chi connectivity index (χ2n) is 9.82. The highest BCUT2D eigenvalue weighted by Crippen LogP contribution is 2.33. The molecule has 0 saturated heterocycles. The molecule has 0 bridgehead atoms. The van der Waals surface area contributed by atoms with Crippen molar-refractivity contribution in [2.45, 2.75) is 45.1 Å². The first-order valence-corrected chi connectivity index (χ1v) is 13.7. The van der Waals surface area contributed by atoms with E-state index in [1.807, 2.05) is 30.3 Å². The molecular weight excluding hydrogens is 530 g/mol. The summed E-state index contributed by atoms with van der Waals surface area (Å²) in [5, 5.41) is 9.73. The summed E-state index contributed by atoms with van der Waals surface area (Å²) >= 11 is 0. The number of nitrogens with one attached hydrogen (secondary N) is 3. The minimum Gasteiger partial charge on any atom is -0.494 e. The molecule has 2 amide bonds. The number of benzene rings is 3. The van der Waals surface area contributed by atoms with E-state index in [0.717, 1.165) is 24.1 Å². The molecule has 0 spiro atoms. The van der Waals surface area contributed by atoms with E-state index in [-0.39, 0.29) is 11.7 Å². The van der Waals surface area contributed by atoms with Crippen molar-refractivity contribution >= 4 is 45.7 Å². The van der Waals surface area contributed by atoms with Crippen molar-refractivity contribution in [3.8, 4) is 18.1 Å². The van der Waals surface area contributed by atoms with Crippen LogP contribution in [0.5, 0.6) is 5.75 Å². The monoisotopic (exact) mass is 563 g/mol. The van der Waals surface area contributed by atoms with E-state index in [9.17, 15) is 14.4 Å². The molecule has 4 rings (SSSR count). The number of ketones is 1. The van der Waals surface area contributed by atoms with Crippen molar-refractivity contribution in [3.63, 3.8) is 0 Å². The zero-order valence-electron chi connectivity index (χ0n) is 23.6. The summed E-state index contributed by atoms with van der Waals surface area (Å²) in [4.78, 5) is 46.6. The van der Waals surface area contributed by atoms with Crippen LogP contribution in [0, 0.1) is 12.3 Å². The van der Waals surface area contributed by atoms with Crippen molar-refractivity contribution in [1.29, 1.82) is 0 Å². The predicted molar refractivity (Wildman–Crippen MR) is 164 cm³/mol. The third kappa shape index (κ3) is 7.92. The molecule has 0 aliphatic carbocycles. The third-order valence-electron chi connectivity index (χ3n) is 6.69. The van der Waals surface area contributed by atoms with E-state index < -0.39 is 11.9 Å². The summed E-state index contributed by atoms with van der Waals surface area (Å²) in [7, 11) is 1.51. The Morgan fingerprint density at radius 2 is 1.79 bits per heavy atom. The fourth-order valence-corrected chi connectivity index (χ4v) is 4.49. The highest BCUT2D eigenvalue weighted by atomic mass is 16.5. The van der Waals surface area contributed by atoms with Gasteiger partial charge in [-0.15, -0.1) is 6.42 Å². The first-order chi connectivity index (χ1) is 20.4. The van der Waals surface area contributed by atoms with Gasteiger partial charge in [0.05, 0.1) is 18.3 Å². The topological polar surface area (TPSA) is 122 Å². The minimum absolute atomic E-state index is 0.131. The Morgan fingerprint density at radius 3 is 2.52 bits per heavy atom. The van der Waals surface area contributed by atoms with Crippen LogP contribution in [-0.4, -0.2) is 40.7 Å². The van der Waals surface area contributed by atoms with Gasteiger partial charge in [0.25, 0.3) is 5.91 Å². The first kappa shape index (κ1) is 29.7. The highest BCUT2D eigenvalue weighted by molar-refractivity contribution is 6.04. The lowest BCUT2D eigenvalue weighted by Gasteiger charge is -2.20. The average Bonchev–Trinajstić information content (AvgIpc) is 3.00. The van der Waals surface area contributed by atoms with Gasteiger partial charge in [-0.25, -0.2) is 9.97 Å². The van der Waals surface area contributed by atoms with Crippen molar-refractivity contribution in [3.05, 3.63) is 84.2 Å². The smallest absolute Gasteiger partial charge is 0.251 e. The van der Waals surface area contributed by atoms with Gasteiger partial charge in [0, 0.05) is 34.7 Å². The Hall–Kier alpha value is -5.23. The van der Waals surface area contributed by atoms with Gasteiger partial charge >= 0.3 is 0 Å². The van der Waals surface area contributed by atoms with E-state index in [0.29, 0.717) is 53.0 Å². The number of hydrogen-bond donors (Lipinski definition) is 3. The van der Waals surface area contributed by atoms with Gasteiger partial charge in [0.1, 0.15) is 29.7 Å². The summed E-state index contributed by atoms with van der Waals surface area (Å²) in [6.07, 6.45) is 10.0. The lowest BCUT2D eigenvalue weighted by molar-refractivity contribution is -0.118. The van der Waals surface area contributed by atoms with E-state index in [1.54, 1.807) is 43.3 Å². The molecule has 0 radical (unpaired) electrons. The van der Waals surface area contributed by atoms with Crippen LogP contribution in [0.15, 0.2) is 73.1 Å². The van der Waals surface area contributed by atoms with Crippen LogP contribution in [-0.2, 0) is 9.59 Å². The van der Waals surface area contributed by atoms with Gasteiger partial charge in [-0.1, -0.05) is 43.0 Å². The van der Waals surface area contributed by atoms with Crippen molar-refractivity contribution in [2.75, 3.05) is 17.7 Å². The number of aromatic nitrogens is 2. The highest BCUT2D eigenvalue weighted by Gasteiger charge is 2.23. The molecule has 0 saturated carbocycles. The molecule has 0 unspecified atom stereocenters. The Bertz CT molecular complexity index is 1610. The molecule has 1 heterocycles. The number of ether oxygens (including phenoxy) is 1. The quantitative estimate of drug-likeness (QED) is 0.142. The Morgan fingerprint density at radius 1 is 0.976 bits per heavy atom. The Labute approximate surface area is 245 Å². The fraction of sp³-hybridized carbons (Fsp3) is 0.242. The standard InChI is InChI=1S/C33H33N5O4/c1-4-23-13-11-16-25(18-23)36-31-26-19-29(30(42-3)20-28(26)34-21-35-31)38-33(41)27(17-10-5-7-12-22(2)39)37-32(40)24-14-8-6-9-15-24/h1,6,8-9,11,13-16,18-21,27H,5,7,10,12,17H2,2-3H3,(H,37,40)(H,38,41)(H,34,35,36)/t27-/m0/s1. The molecule has 214 valence electrons. The summed E-state index contributed by atoms with van der Waals surface area (Å²) in [5.41, 5.74) is 2.94. The van der Waals surface area contributed by atoms with E-state index >= 15 is 0 Å². The Balaban J connectivity index is 1.59. The number of hydrogen-bond acceptors (Lipinski definition) is 7. The second kappa shape index (κ2) is 14.4. The number of terminal acetylenes is 1. The number of methoxy groups -OCH3 is 1. The maximum Gasteiger partial charge on any atom is 0.251 e. The van der Waals surface area contributed by atoms with Crippen LogP contribution in [0.2, 0.25) is 0 Å². The number of Topliss-reactive ketones (excluding diaryl/α,β-unsaturated/α-hetero) is 1. The maximum atomic E-state index is 13.6.